The van der Waals surface area contributed by atoms with Crippen molar-refractivity contribution < 1.29 is 26.4 Å². The van der Waals surface area contributed by atoms with Crippen LogP contribution in [0.3, 0.4) is 0 Å². The molecule has 0 spiro atoms. The molecule has 0 aromatic carbocycles. The summed E-state index contributed by atoms with van der Waals surface area (Å²) in [5, 5.41) is 1.92. The Morgan fingerprint density at radius 1 is 1.41 bits per heavy atom. The molecule has 2 atom stereocenters. The van der Waals surface area contributed by atoms with Crippen molar-refractivity contribution in [3.8, 4) is 0 Å². The van der Waals surface area contributed by atoms with Gasteiger partial charge in [0.1, 0.15) is 9.84 Å². The molecule has 2 unspecified atom stereocenters. The van der Waals surface area contributed by atoms with Gasteiger partial charge in [-0.05, 0) is 13.8 Å². The van der Waals surface area contributed by atoms with Crippen LogP contribution in [0.25, 0.3) is 0 Å². The summed E-state index contributed by atoms with van der Waals surface area (Å²) < 4.78 is 58.8. The van der Waals surface area contributed by atoms with Crippen LogP contribution in [-0.2, 0) is 14.6 Å². The number of sulfone groups is 1. The number of amides is 1. The molecule has 0 fully saturated rings. The maximum Gasteiger partial charge on any atom is 0.415 e. The SMILES string of the molecule is CC(CS(C)(=O)=O)NC(=O)C(C)(N)C(F)(F)F. The van der Waals surface area contributed by atoms with Crippen LogP contribution < -0.4 is 11.1 Å². The number of nitrogens with one attached hydrogen (secondary N) is 1. The van der Waals surface area contributed by atoms with Crippen LogP contribution in [0.2, 0.25) is 0 Å². The normalized spacial score (nSPS) is 18.3. The molecule has 9 heteroatoms. The van der Waals surface area contributed by atoms with E-state index >= 15 is 0 Å². The van der Waals surface area contributed by atoms with E-state index in [1.165, 1.54) is 6.92 Å². The van der Waals surface area contributed by atoms with E-state index in [1.54, 1.807) is 0 Å². The zero-order chi connectivity index (χ0) is 14.1. The van der Waals surface area contributed by atoms with Crippen molar-refractivity contribution in [3.63, 3.8) is 0 Å². The molecule has 0 aliphatic heterocycles. The molecule has 0 saturated carbocycles. The maximum absolute atomic E-state index is 12.4. The van der Waals surface area contributed by atoms with Gasteiger partial charge in [-0.2, -0.15) is 13.2 Å². The number of carbonyl (C=O) groups excluding carboxylic acids is 1. The van der Waals surface area contributed by atoms with Crippen LogP contribution in [-0.4, -0.2) is 44.1 Å². The Labute approximate surface area is 97.5 Å². The van der Waals surface area contributed by atoms with Gasteiger partial charge in [0.25, 0.3) is 0 Å². The van der Waals surface area contributed by atoms with Crippen LogP contribution in [0, 0.1) is 0 Å². The lowest BCUT2D eigenvalue weighted by molar-refractivity contribution is -0.187. The molecule has 1 amide bonds. The van der Waals surface area contributed by atoms with Crippen molar-refractivity contribution in [2.45, 2.75) is 31.6 Å². The van der Waals surface area contributed by atoms with Crippen molar-refractivity contribution in [1.82, 2.24) is 5.32 Å². The fourth-order valence-electron chi connectivity index (χ4n) is 0.998. The summed E-state index contributed by atoms with van der Waals surface area (Å²) in [7, 11) is -3.39. The highest BCUT2D eigenvalue weighted by molar-refractivity contribution is 7.90. The zero-order valence-electron chi connectivity index (χ0n) is 9.63. The lowest BCUT2D eigenvalue weighted by atomic mass is 10.0. The standard InChI is InChI=1S/C8H15F3N2O3S/c1-5(4-17(3,15)16)13-6(14)7(2,12)8(9,10)11/h5H,4,12H2,1-3H3,(H,13,14). The summed E-state index contributed by atoms with van der Waals surface area (Å²) in [5.41, 5.74) is 1.82. The van der Waals surface area contributed by atoms with E-state index in [0.29, 0.717) is 6.92 Å². The lowest BCUT2D eigenvalue weighted by Gasteiger charge is -2.27. The van der Waals surface area contributed by atoms with E-state index in [4.69, 9.17) is 5.73 Å². The third-order valence-corrected chi connectivity index (χ3v) is 3.10. The number of hydrogen-bond acceptors (Lipinski definition) is 4. The number of carbonyl (C=O) groups is 1. The van der Waals surface area contributed by atoms with Crippen LogP contribution >= 0.6 is 0 Å². The molecule has 0 saturated heterocycles. The van der Waals surface area contributed by atoms with E-state index in [-0.39, 0.29) is 0 Å². The van der Waals surface area contributed by atoms with Gasteiger partial charge in [-0.1, -0.05) is 0 Å². The largest absolute Gasteiger partial charge is 0.415 e. The summed E-state index contributed by atoms with van der Waals surface area (Å²) >= 11 is 0. The minimum absolute atomic E-state index is 0.452. The average Bonchev–Trinajstić information content (AvgIpc) is 1.97. The molecule has 0 aromatic heterocycles. The van der Waals surface area contributed by atoms with Gasteiger partial charge in [-0.15, -0.1) is 0 Å². The highest BCUT2D eigenvalue weighted by atomic mass is 32.2. The van der Waals surface area contributed by atoms with Gasteiger partial charge >= 0.3 is 6.18 Å². The molecule has 0 rings (SSSR count). The molecule has 0 aliphatic rings. The van der Waals surface area contributed by atoms with Crippen LogP contribution in [0.4, 0.5) is 13.2 Å². The van der Waals surface area contributed by atoms with Gasteiger partial charge in [-0.25, -0.2) is 8.42 Å². The Kier molecular flexibility index (Phi) is 4.57. The van der Waals surface area contributed by atoms with Crippen molar-refractivity contribution in [2.75, 3.05) is 12.0 Å². The van der Waals surface area contributed by atoms with Gasteiger partial charge in [-0.3, -0.25) is 4.79 Å². The van der Waals surface area contributed by atoms with E-state index in [2.05, 4.69) is 0 Å². The summed E-state index contributed by atoms with van der Waals surface area (Å²) in [6, 6.07) is -0.942. The summed E-state index contributed by atoms with van der Waals surface area (Å²) in [6.07, 6.45) is -3.98. The Morgan fingerprint density at radius 3 is 2.12 bits per heavy atom. The van der Waals surface area contributed by atoms with Crippen LogP contribution in [0.1, 0.15) is 13.8 Å². The highest BCUT2D eigenvalue weighted by Gasteiger charge is 2.54. The molecule has 0 bridgehead atoms. The first-order valence-electron chi connectivity index (χ1n) is 4.61. The van der Waals surface area contributed by atoms with E-state index in [9.17, 15) is 26.4 Å². The molecule has 0 heterocycles. The van der Waals surface area contributed by atoms with Gasteiger partial charge in [0.05, 0.1) is 5.75 Å². The van der Waals surface area contributed by atoms with Crippen molar-refractivity contribution in [3.05, 3.63) is 0 Å². The van der Waals surface area contributed by atoms with Crippen LogP contribution in [0.15, 0.2) is 0 Å². The molecular formula is C8H15F3N2O3S. The molecule has 0 aromatic rings. The van der Waals surface area contributed by atoms with Gasteiger partial charge < -0.3 is 11.1 Å². The fraction of sp³-hybridized carbons (Fsp3) is 0.875. The molecule has 5 nitrogen and oxygen atoms in total. The molecular weight excluding hydrogens is 261 g/mol. The maximum atomic E-state index is 12.4. The Balaban J connectivity index is 4.67. The van der Waals surface area contributed by atoms with E-state index < -0.39 is 39.3 Å². The third-order valence-electron chi connectivity index (χ3n) is 1.99. The fourth-order valence-corrected chi connectivity index (χ4v) is 1.99. The van der Waals surface area contributed by atoms with E-state index in [0.717, 1.165) is 6.26 Å². The second-order valence-corrected chi connectivity index (χ2v) is 6.35. The Bertz CT molecular complexity index is 389. The number of halogens is 3. The number of rotatable bonds is 4. The predicted octanol–water partition coefficient (Wildman–Crippen LogP) is -0.185. The van der Waals surface area contributed by atoms with Gasteiger partial charge in [0.2, 0.25) is 5.91 Å². The van der Waals surface area contributed by atoms with Gasteiger partial charge in [0, 0.05) is 12.3 Å². The molecule has 3 N–H and O–H groups in total. The summed E-state index contributed by atoms with van der Waals surface area (Å²) in [5.74, 6) is -1.91. The number of nitrogens with two attached hydrogens (primary N) is 1. The number of alkyl halides is 3. The quantitative estimate of drug-likeness (QED) is 0.745. The Morgan fingerprint density at radius 2 is 1.82 bits per heavy atom. The monoisotopic (exact) mass is 276 g/mol. The number of hydrogen-bond donors (Lipinski definition) is 2. The van der Waals surface area contributed by atoms with E-state index in [1.807, 2.05) is 5.32 Å². The third kappa shape index (κ3) is 4.90. The zero-order valence-corrected chi connectivity index (χ0v) is 10.4. The topological polar surface area (TPSA) is 89.3 Å². The minimum Gasteiger partial charge on any atom is -0.351 e. The molecule has 0 aliphatic carbocycles. The predicted molar refractivity (Wildman–Crippen MR) is 56.0 cm³/mol. The second kappa shape index (κ2) is 4.81. The summed E-state index contributed by atoms with van der Waals surface area (Å²) in [4.78, 5) is 11.3. The Hall–Kier alpha value is -0.830. The van der Waals surface area contributed by atoms with Crippen molar-refractivity contribution >= 4 is 15.7 Å². The molecule has 0 radical (unpaired) electrons. The average molecular weight is 276 g/mol. The van der Waals surface area contributed by atoms with Crippen molar-refractivity contribution in [2.24, 2.45) is 5.73 Å². The minimum atomic E-state index is -4.90. The smallest absolute Gasteiger partial charge is 0.351 e. The molecule has 102 valence electrons. The first kappa shape index (κ1) is 16.2. The second-order valence-electron chi connectivity index (χ2n) is 4.17. The first-order valence-corrected chi connectivity index (χ1v) is 6.67. The lowest BCUT2D eigenvalue weighted by Crippen LogP contribution is -2.62. The first-order chi connectivity index (χ1) is 7.27. The highest BCUT2D eigenvalue weighted by Crippen LogP contribution is 2.27. The molecule has 17 heavy (non-hydrogen) atoms. The van der Waals surface area contributed by atoms with Crippen LogP contribution in [0.5, 0.6) is 0 Å². The van der Waals surface area contributed by atoms with Crippen molar-refractivity contribution in [1.29, 1.82) is 0 Å². The summed E-state index contributed by atoms with van der Waals surface area (Å²) in [6.45, 7) is 1.81. The van der Waals surface area contributed by atoms with Gasteiger partial charge in [0.15, 0.2) is 5.54 Å².